The Hall–Kier alpha value is -1.91. The number of esters is 3. The van der Waals surface area contributed by atoms with Gasteiger partial charge in [-0.25, -0.2) is 0 Å². The highest BCUT2D eigenvalue weighted by molar-refractivity contribution is 5.69. The van der Waals surface area contributed by atoms with Gasteiger partial charge in [-0.2, -0.15) is 0 Å². The van der Waals surface area contributed by atoms with Crippen molar-refractivity contribution in [2.45, 2.75) is 197 Å². The van der Waals surface area contributed by atoms with Crippen molar-refractivity contribution in [1.82, 2.24) is 0 Å². The molecule has 0 aromatic rings. The van der Waals surface area contributed by atoms with E-state index in [0.29, 0.717) is 19.3 Å². The summed E-state index contributed by atoms with van der Waals surface area (Å²) in [6.45, 7) is 3.65. The fourth-order valence-corrected chi connectivity index (χ4v) is 6.74. The maximum absolute atomic E-state index is 12.8. The van der Waals surface area contributed by atoms with Crippen LogP contribution >= 0.6 is 0 Å². The summed E-state index contributed by atoms with van der Waals surface area (Å²) in [5, 5.41) is 44.6. The maximum atomic E-state index is 12.8. The van der Waals surface area contributed by atoms with Crippen molar-refractivity contribution < 1.29 is 68.0 Å². The lowest BCUT2D eigenvalue weighted by Gasteiger charge is -2.47. The molecule has 0 amide bonds. The highest BCUT2D eigenvalue weighted by Crippen LogP contribution is 2.32. The van der Waals surface area contributed by atoms with Crippen LogP contribution < -0.4 is 0 Å². The largest absolute Gasteiger partial charge is 0.463 e. The van der Waals surface area contributed by atoms with Gasteiger partial charge in [0.1, 0.15) is 55.9 Å². The molecule has 0 spiro atoms. The molecule has 4 saturated heterocycles. The summed E-state index contributed by atoms with van der Waals surface area (Å²) < 4.78 is 40.2. The molecule has 290 valence electrons. The van der Waals surface area contributed by atoms with Gasteiger partial charge >= 0.3 is 17.9 Å². The van der Waals surface area contributed by atoms with E-state index in [1.54, 1.807) is 0 Å². The average Bonchev–Trinajstić information content (AvgIpc) is 3.07. The van der Waals surface area contributed by atoms with Gasteiger partial charge in [0.15, 0.2) is 18.7 Å². The number of fused-ring (bicyclic) bond motifs is 20. The van der Waals surface area contributed by atoms with Gasteiger partial charge in [0.2, 0.25) is 0 Å². The second kappa shape index (κ2) is 22.9. The van der Waals surface area contributed by atoms with Crippen LogP contribution in [-0.4, -0.2) is 119 Å². The van der Waals surface area contributed by atoms with E-state index < -0.39 is 85.9 Å². The van der Waals surface area contributed by atoms with E-state index in [1.807, 2.05) is 6.92 Å². The monoisotopic (exact) mass is 718 g/mol. The smallest absolute Gasteiger partial charge is 0.306 e. The van der Waals surface area contributed by atoms with Crippen molar-refractivity contribution in [1.29, 1.82) is 0 Å². The van der Waals surface area contributed by atoms with Gasteiger partial charge in [0.05, 0.1) is 6.10 Å². The fourth-order valence-electron chi connectivity index (χ4n) is 6.74. The molecule has 0 unspecified atom stereocenters. The summed E-state index contributed by atoms with van der Waals surface area (Å²) in [5.41, 5.74) is 0. The summed E-state index contributed by atoms with van der Waals surface area (Å²) in [5.74, 6) is -1.83. The standard InChI is InChI=1S/C36H62O14/c1-4-18-25-19-16-14-12-10-8-6-5-7-9-11-13-15-17-20-28(39)49-33-27(22-45-24(3)38)48-35(32(43)31(33)42)50-34-30(41)29(40)26(21-44-23(2)37)47-36(34)46-25/h25-27,29-36,40-43H,4-22H2,1-3H3/t25-,26+,27+,29+,30-,31+,32+,33+,34+,35-,36+/m0/s1. The van der Waals surface area contributed by atoms with Crippen LogP contribution in [0.5, 0.6) is 0 Å². The SMILES string of the molecule is CCC[C@H]1CCCCCCCCCCCCCCCC(=O)O[C@H]2[C@H](O)[C@@H](O)[C@H](O[C@H]3[C@H](O1)O[C@H](COC(C)=O)[C@@H](O)[C@@H]3O)O[C@@H]2COC(C)=O. The van der Waals surface area contributed by atoms with Crippen LogP contribution in [0.3, 0.4) is 0 Å². The van der Waals surface area contributed by atoms with Crippen molar-refractivity contribution in [3.05, 3.63) is 0 Å². The normalized spacial score (nSPS) is 36.5. The lowest BCUT2D eigenvalue weighted by molar-refractivity contribution is -0.372. The molecule has 4 rings (SSSR count). The maximum Gasteiger partial charge on any atom is 0.306 e. The van der Waals surface area contributed by atoms with Gasteiger partial charge in [-0.1, -0.05) is 90.4 Å². The molecule has 14 nitrogen and oxygen atoms in total. The Kier molecular flexibility index (Phi) is 19.5. The second-order valence-corrected chi connectivity index (χ2v) is 13.9. The van der Waals surface area contributed by atoms with E-state index in [-0.39, 0.29) is 19.1 Å². The molecule has 4 aliphatic rings. The highest BCUT2D eigenvalue weighted by atomic mass is 16.8. The van der Waals surface area contributed by atoms with Crippen LogP contribution in [0.15, 0.2) is 0 Å². The molecule has 4 heterocycles. The molecule has 4 fully saturated rings. The lowest BCUT2D eigenvalue weighted by Crippen LogP contribution is -2.65. The predicted molar refractivity (Wildman–Crippen MR) is 178 cm³/mol. The average molecular weight is 719 g/mol. The Balaban J connectivity index is 1.84. The summed E-state index contributed by atoms with van der Waals surface area (Å²) >= 11 is 0. The number of ether oxygens (including phenoxy) is 7. The van der Waals surface area contributed by atoms with Crippen LogP contribution in [0.4, 0.5) is 0 Å². The van der Waals surface area contributed by atoms with Crippen LogP contribution in [0, 0.1) is 0 Å². The molecular weight excluding hydrogens is 656 g/mol. The summed E-state index contributed by atoms with van der Waals surface area (Å²) in [6.07, 6.45) is 0.984. The molecule has 0 aliphatic carbocycles. The molecule has 4 N–H and O–H groups in total. The molecule has 0 saturated carbocycles. The summed E-state index contributed by atoms with van der Waals surface area (Å²) in [7, 11) is 0. The first-order valence-electron chi connectivity index (χ1n) is 18.8. The van der Waals surface area contributed by atoms with Crippen LogP contribution in [-0.2, 0) is 47.5 Å². The van der Waals surface area contributed by atoms with Crippen molar-refractivity contribution in [2.75, 3.05) is 13.2 Å². The lowest BCUT2D eigenvalue weighted by atomic mass is 9.96. The number of rotatable bonds is 6. The summed E-state index contributed by atoms with van der Waals surface area (Å²) in [6, 6.07) is 0. The third-order valence-electron chi connectivity index (χ3n) is 9.59. The van der Waals surface area contributed by atoms with Crippen molar-refractivity contribution in [2.24, 2.45) is 0 Å². The Labute approximate surface area is 296 Å². The molecule has 50 heavy (non-hydrogen) atoms. The molecule has 2 bridgehead atoms. The number of aliphatic hydroxyl groups is 4. The van der Waals surface area contributed by atoms with Crippen LogP contribution in [0.25, 0.3) is 0 Å². The molecule has 11 atom stereocenters. The third kappa shape index (κ3) is 14.3. The number of hydrogen-bond donors (Lipinski definition) is 4. The van der Waals surface area contributed by atoms with Crippen LogP contribution in [0.2, 0.25) is 0 Å². The summed E-state index contributed by atoms with van der Waals surface area (Å²) in [4.78, 5) is 36.0. The predicted octanol–water partition coefficient (Wildman–Crippen LogP) is 3.35. The number of hydrogen-bond acceptors (Lipinski definition) is 14. The van der Waals surface area contributed by atoms with Gasteiger partial charge in [0.25, 0.3) is 0 Å². The van der Waals surface area contributed by atoms with Crippen LogP contribution in [0.1, 0.15) is 130 Å². The van der Waals surface area contributed by atoms with Gasteiger partial charge < -0.3 is 53.6 Å². The van der Waals surface area contributed by atoms with E-state index in [0.717, 1.165) is 44.9 Å². The Morgan fingerprint density at radius 1 is 0.620 bits per heavy atom. The van der Waals surface area contributed by atoms with Gasteiger partial charge in [0, 0.05) is 20.3 Å². The zero-order valence-electron chi connectivity index (χ0n) is 30.2. The molecule has 0 aromatic heterocycles. The van der Waals surface area contributed by atoms with E-state index in [9.17, 15) is 34.8 Å². The Bertz CT molecular complexity index is 996. The Morgan fingerprint density at radius 2 is 1.12 bits per heavy atom. The van der Waals surface area contributed by atoms with E-state index in [2.05, 4.69) is 0 Å². The van der Waals surface area contributed by atoms with Crippen molar-refractivity contribution in [3.8, 4) is 0 Å². The van der Waals surface area contributed by atoms with E-state index in [4.69, 9.17) is 33.2 Å². The topological polar surface area (TPSA) is 197 Å². The Morgan fingerprint density at radius 3 is 1.68 bits per heavy atom. The molecule has 14 heteroatoms. The molecular formula is C36H62O14. The zero-order valence-corrected chi connectivity index (χ0v) is 30.2. The third-order valence-corrected chi connectivity index (χ3v) is 9.59. The minimum absolute atomic E-state index is 0.107. The zero-order chi connectivity index (χ0) is 36.5. The number of carbonyl (C=O) groups excluding carboxylic acids is 3. The van der Waals surface area contributed by atoms with E-state index in [1.165, 1.54) is 52.4 Å². The second-order valence-electron chi connectivity index (χ2n) is 13.9. The van der Waals surface area contributed by atoms with Gasteiger partial charge in [-0.05, 0) is 19.3 Å². The fraction of sp³-hybridized carbons (Fsp3) is 0.917. The first-order chi connectivity index (χ1) is 24.0. The first kappa shape index (κ1) is 42.5. The quantitative estimate of drug-likeness (QED) is 0.230. The van der Waals surface area contributed by atoms with Gasteiger partial charge in [-0.15, -0.1) is 0 Å². The van der Waals surface area contributed by atoms with Crippen molar-refractivity contribution in [3.63, 3.8) is 0 Å². The molecule has 0 aromatic carbocycles. The van der Waals surface area contributed by atoms with Gasteiger partial charge in [-0.3, -0.25) is 14.4 Å². The molecule has 0 radical (unpaired) electrons. The van der Waals surface area contributed by atoms with Crippen molar-refractivity contribution >= 4 is 17.9 Å². The highest BCUT2D eigenvalue weighted by Gasteiger charge is 2.53. The molecule has 4 aliphatic heterocycles. The number of aliphatic hydroxyl groups excluding tert-OH is 4. The van der Waals surface area contributed by atoms with E-state index >= 15 is 0 Å². The minimum atomic E-state index is -1.78. The number of carbonyl (C=O) groups is 3. The first-order valence-corrected chi connectivity index (χ1v) is 18.8. The minimum Gasteiger partial charge on any atom is -0.463 e.